The average Bonchev–Trinajstić information content (AvgIpc) is 2.95. The van der Waals surface area contributed by atoms with Gasteiger partial charge in [-0.15, -0.1) is 10.2 Å². The number of H-pyrrole nitrogens is 1. The number of hydrogen-bond acceptors (Lipinski definition) is 4. The molecule has 0 bridgehead atoms. The number of aromatic amines is 1. The quantitative estimate of drug-likeness (QED) is 0.755. The summed E-state index contributed by atoms with van der Waals surface area (Å²) in [4.78, 5) is 25.2. The number of amides is 1. The number of nitrogens with zero attached hydrogens (tertiary/aromatic N) is 3. The lowest BCUT2D eigenvalue weighted by atomic mass is 10.2. The molecule has 7 nitrogen and oxygen atoms in total. The number of carbonyl (C=O) groups is 1. The minimum absolute atomic E-state index is 0.125. The smallest absolute Gasteiger partial charge is 0.345 e. The molecule has 0 aliphatic rings. The Bertz CT molecular complexity index is 940. The third kappa shape index (κ3) is 3.12. The number of carbonyl (C=O) groups excluding carboxylic acids is 1. The number of nitrogens with one attached hydrogen (secondary N) is 2. The van der Waals surface area contributed by atoms with Crippen LogP contribution in [0.1, 0.15) is 21.7 Å². The molecule has 3 rings (SSSR count). The van der Waals surface area contributed by atoms with Gasteiger partial charge in [-0.2, -0.15) is 13.2 Å². The highest BCUT2D eigenvalue weighted by molar-refractivity contribution is 5.93. The molecule has 0 aliphatic heterocycles. The summed E-state index contributed by atoms with van der Waals surface area (Å²) >= 11 is 0. The predicted octanol–water partition coefficient (Wildman–Crippen LogP) is 1.37. The molecule has 0 saturated carbocycles. The molecule has 0 saturated heterocycles. The van der Waals surface area contributed by atoms with Crippen molar-refractivity contribution < 1.29 is 18.0 Å². The van der Waals surface area contributed by atoms with E-state index in [9.17, 15) is 22.8 Å². The summed E-state index contributed by atoms with van der Waals surface area (Å²) in [5, 5.41) is 10.0. The number of hydrogen-bond donors (Lipinski definition) is 2. The van der Waals surface area contributed by atoms with Crippen LogP contribution in [0.3, 0.4) is 0 Å². The molecular formula is C14H10F3N5O2. The van der Waals surface area contributed by atoms with Crippen LogP contribution in [0.5, 0.6) is 0 Å². The van der Waals surface area contributed by atoms with E-state index in [1.165, 1.54) is 24.4 Å². The molecule has 124 valence electrons. The Kier molecular flexibility index (Phi) is 3.80. The van der Waals surface area contributed by atoms with Gasteiger partial charge in [0.15, 0.2) is 11.5 Å². The Morgan fingerprint density at radius 2 is 2.00 bits per heavy atom. The van der Waals surface area contributed by atoms with Crippen molar-refractivity contribution in [2.24, 2.45) is 0 Å². The standard InChI is InChI=1S/C14H10F3N5O2/c15-14(16,17)9-2-3-10-20-21-11(22(10)7-9)6-19-13(24)8-1-4-12(23)18-5-8/h1-5,7H,6H2,(H,18,23)(H,19,24). The fourth-order valence-corrected chi connectivity index (χ4v) is 2.04. The Morgan fingerprint density at radius 3 is 2.67 bits per heavy atom. The third-order valence-electron chi connectivity index (χ3n) is 3.25. The van der Waals surface area contributed by atoms with Gasteiger partial charge in [0.1, 0.15) is 0 Å². The number of rotatable bonds is 3. The van der Waals surface area contributed by atoms with E-state index >= 15 is 0 Å². The Balaban J connectivity index is 1.81. The lowest BCUT2D eigenvalue weighted by Gasteiger charge is -2.08. The van der Waals surface area contributed by atoms with E-state index in [0.717, 1.165) is 16.7 Å². The summed E-state index contributed by atoms with van der Waals surface area (Å²) in [6.45, 7) is -0.125. The van der Waals surface area contributed by atoms with E-state index < -0.39 is 17.6 Å². The van der Waals surface area contributed by atoms with Crippen molar-refractivity contribution in [2.75, 3.05) is 0 Å². The van der Waals surface area contributed by atoms with Crippen LogP contribution in [0.15, 0.2) is 41.5 Å². The molecule has 3 aromatic rings. The molecule has 0 fully saturated rings. The van der Waals surface area contributed by atoms with E-state index in [0.29, 0.717) is 0 Å². The molecular weight excluding hydrogens is 327 g/mol. The predicted molar refractivity (Wildman–Crippen MR) is 76.2 cm³/mol. The molecule has 0 radical (unpaired) electrons. The van der Waals surface area contributed by atoms with Gasteiger partial charge in [0.2, 0.25) is 5.56 Å². The van der Waals surface area contributed by atoms with Crippen LogP contribution in [0.25, 0.3) is 5.65 Å². The highest BCUT2D eigenvalue weighted by Gasteiger charge is 2.31. The summed E-state index contributed by atoms with van der Waals surface area (Å²) in [7, 11) is 0. The third-order valence-corrected chi connectivity index (χ3v) is 3.25. The number of aromatic nitrogens is 4. The molecule has 24 heavy (non-hydrogen) atoms. The van der Waals surface area contributed by atoms with E-state index in [1.807, 2.05) is 0 Å². The topological polar surface area (TPSA) is 92.2 Å². The van der Waals surface area contributed by atoms with Crippen LogP contribution in [-0.2, 0) is 12.7 Å². The fourth-order valence-electron chi connectivity index (χ4n) is 2.04. The lowest BCUT2D eigenvalue weighted by molar-refractivity contribution is -0.137. The van der Waals surface area contributed by atoms with E-state index in [4.69, 9.17) is 0 Å². The first-order valence-corrected chi connectivity index (χ1v) is 6.72. The van der Waals surface area contributed by atoms with Crippen LogP contribution < -0.4 is 10.9 Å². The van der Waals surface area contributed by atoms with Crippen molar-refractivity contribution in [1.29, 1.82) is 0 Å². The normalized spacial score (nSPS) is 11.6. The summed E-state index contributed by atoms with van der Waals surface area (Å²) < 4.78 is 39.5. The molecule has 0 unspecified atom stereocenters. The van der Waals surface area contributed by atoms with E-state index in [2.05, 4.69) is 20.5 Å². The molecule has 0 atom stereocenters. The van der Waals surface area contributed by atoms with Crippen molar-refractivity contribution in [1.82, 2.24) is 24.9 Å². The van der Waals surface area contributed by atoms with Crippen molar-refractivity contribution in [3.63, 3.8) is 0 Å². The van der Waals surface area contributed by atoms with Crippen LogP contribution in [0.4, 0.5) is 13.2 Å². The van der Waals surface area contributed by atoms with Gasteiger partial charge in [0.05, 0.1) is 17.7 Å². The second-order valence-corrected chi connectivity index (χ2v) is 4.88. The largest absolute Gasteiger partial charge is 0.417 e. The monoisotopic (exact) mass is 337 g/mol. The zero-order valence-electron chi connectivity index (χ0n) is 12.0. The van der Waals surface area contributed by atoms with Crippen molar-refractivity contribution in [3.8, 4) is 0 Å². The summed E-state index contributed by atoms with van der Waals surface area (Å²) in [5.74, 6) is -0.358. The maximum absolute atomic E-state index is 12.8. The summed E-state index contributed by atoms with van der Waals surface area (Å²) in [6, 6.07) is 4.63. The second kappa shape index (κ2) is 5.80. The minimum atomic E-state index is -4.49. The van der Waals surface area contributed by atoms with E-state index in [1.54, 1.807) is 0 Å². The van der Waals surface area contributed by atoms with Gasteiger partial charge in [-0.3, -0.25) is 14.0 Å². The number of alkyl halides is 3. The molecule has 0 aliphatic carbocycles. The highest BCUT2D eigenvalue weighted by atomic mass is 19.4. The van der Waals surface area contributed by atoms with Crippen LogP contribution in [0, 0.1) is 0 Å². The number of halogens is 3. The Morgan fingerprint density at radius 1 is 1.21 bits per heavy atom. The molecule has 1 amide bonds. The maximum atomic E-state index is 12.8. The van der Waals surface area contributed by atoms with Gasteiger partial charge in [-0.25, -0.2) is 0 Å². The molecule has 3 aromatic heterocycles. The van der Waals surface area contributed by atoms with Gasteiger partial charge >= 0.3 is 6.18 Å². The van der Waals surface area contributed by atoms with Gasteiger partial charge in [-0.1, -0.05) is 0 Å². The fraction of sp³-hybridized carbons (Fsp3) is 0.143. The number of fused-ring (bicyclic) bond motifs is 1. The minimum Gasteiger partial charge on any atom is -0.345 e. The maximum Gasteiger partial charge on any atom is 0.417 e. The Hall–Kier alpha value is -3.17. The van der Waals surface area contributed by atoms with Crippen LogP contribution in [0.2, 0.25) is 0 Å². The molecule has 10 heteroatoms. The van der Waals surface area contributed by atoms with Gasteiger partial charge in [0.25, 0.3) is 5.91 Å². The Labute approximate surface area is 132 Å². The average molecular weight is 337 g/mol. The molecule has 2 N–H and O–H groups in total. The van der Waals surface area contributed by atoms with Crippen molar-refractivity contribution in [2.45, 2.75) is 12.7 Å². The first kappa shape index (κ1) is 15.7. The number of pyridine rings is 2. The highest BCUT2D eigenvalue weighted by Crippen LogP contribution is 2.29. The second-order valence-electron chi connectivity index (χ2n) is 4.88. The van der Waals surface area contributed by atoms with Crippen LogP contribution >= 0.6 is 0 Å². The zero-order valence-corrected chi connectivity index (χ0v) is 12.0. The van der Waals surface area contributed by atoms with E-state index in [-0.39, 0.29) is 29.1 Å². The lowest BCUT2D eigenvalue weighted by Crippen LogP contribution is -2.24. The van der Waals surface area contributed by atoms with Crippen molar-refractivity contribution >= 4 is 11.6 Å². The molecule has 0 aromatic carbocycles. The van der Waals surface area contributed by atoms with Gasteiger partial charge in [0, 0.05) is 18.5 Å². The SMILES string of the molecule is O=C(NCc1nnc2ccc(C(F)(F)F)cn12)c1ccc(=O)[nH]c1. The molecule has 0 spiro atoms. The van der Waals surface area contributed by atoms with Crippen molar-refractivity contribution in [3.05, 3.63) is 64.0 Å². The summed E-state index contributed by atoms with van der Waals surface area (Å²) in [5.41, 5.74) is -0.756. The summed E-state index contributed by atoms with van der Waals surface area (Å²) in [6.07, 6.45) is -2.38. The first-order chi connectivity index (χ1) is 11.3. The van der Waals surface area contributed by atoms with Gasteiger partial charge < -0.3 is 10.3 Å². The van der Waals surface area contributed by atoms with Gasteiger partial charge in [-0.05, 0) is 18.2 Å². The molecule has 3 heterocycles. The zero-order chi connectivity index (χ0) is 17.3. The first-order valence-electron chi connectivity index (χ1n) is 6.72. The van der Waals surface area contributed by atoms with Crippen LogP contribution in [-0.4, -0.2) is 25.5 Å².